The van der Waals surface area contributed by atoms with Crippen LogP contribution >= 0.6 is 0 Å². The number of anilines is 1. The highest BCUT2D eigenvalue weighted by atomic mass is 19.4. The maximum atomic E-state index is 12.7. The number of ether oxygens (including phenoxy) is 1. The minimum absolute atomic E-state index is 0.327. The Morgan fingerprint density at radius 2 is 2.06 bits per heavy atom. The van der Waals surface area contributed by atoms with Crippen molar-refractivity contribution < 1.29 is 32.2 Å². The molecule has 0 aromatic carbocycles. The van der Waals surface area contributed by atoms with Gasteiger partial charge in [0.05, 0.1) is 12.6 Å². The van der Waals surface area contributed by atoms with E-state index in [1.807, 2.05) is 0 Å². The Morgan fingerprint density at radius 1 is 1.44 bits per heavy atom. The van der Waals surface area contributed by atoms with Gasteiger partial charge in [-0.25, -0.2) is 9.37 Å². The van der Waals surface area contributed by atoms with Crippen molar-refractivity contribution in [1.29, 1.82) is 0 Å². The zero-order valence-corrected chi connectivity index (χ0v) is 8.79. The first kappa shape index (κ1) is 14.0. The number of carboxylic acids is 1. The summed E-state index contributed by atoms with van der Waals surface area (Å²) >= 11 is 0. The molecule has 0 spiro atoms. The van der Waals surface area contributed by atoms with Crippen molar-refractivity contribution in [3.8, 4) is 5.75 Å². The normalized spacial score (nSPS) is 11.3. The van der Waals surface area contributed by atoms with Crippen LogP contribution < -0.4 is 10.5 Å². The van der Waals surface area contributed by atoms with Crippen LogP contribution in [-0.4, -0.2) is 22.4 Å². The molecular formula is C9H8F4N2O3. The molecule has 3 N–H and O–H groups in total. The number of alkyl halides is 4. The largest absolute Gasteiger partial charge is 0.573 e. The molecule has 1 heterocycles. The molecule has 0 radical (unpaired) electrons. The maximum absolute atomic E-state index is 12.7. The van der Waals surface area contributed by atoms with E-state index in [2.05, 4.69) is 9.72 Å². The Labute approximate surface area is 98.2 Å². The second kappa shape index (κ2) is 5.07. The molecule has 0 aliphatic rings. The van der Waals surface area contributed by atoms with Gasteiger partial charge >= 0.3 is 12.3 Å². The molecule has 1 rings (SSSR count). The minimum Gasteiger partial charge on any atom is -0.481 e. The number of nitrogen functional groups attached to an aromatic ring is 1. The van der Waals surface area contributed by atoms with Crippen LogP contribution in [-0.2, 0) is 17.9 Å². The van der Waals surface area contributed by atoms with Gasteiger partial charge < -0.3 is 15.6 Å². The number of nitrogens with two attached hydrogens (primary N) is 1. The first-order valence-electron chi connectivity index (χ1n) is 4.54. The van der Waals surface area contributed by atoms with Gasteiger partial charge in [0, 0.05) is 11.1 Å². The van der Waals surface area contributed by atoms with Gasteiger partial charge in [-0.1, -0.05) is 0 Å². The van der Waals surface area contributed by atoms with Crippen LogP contribution in [0.3, 0.4) is 0 Å². The summed E-state index contributed by atoms with van der Waals surface area (Å²) in [5, 5.41) is 8.57. The lowest BCUT2D eigenvalue weighted by Gasteiger charge is -2.14. The highest BCUT2D eigenvalue weighted by molar-refractivity contribution is 5.73. The van der Waals surface area contributed by atoms with Crippen molar-refractivity contribution in [1.82, 2.24) is 4.98 Å². The molecule has 0 atom stereocenters. The number of pyridine rings is 1. The minimum atomic E-state index is -5.03. The SMILES string of the molecule is Nc1ncc(OC(F)(F)F)c(CF)c1CC(=O)O. The lowest BCUT2D eigenvalue weighted by atomic mass is 10.1. The first-order chi connectivity index (χ1) is 8.24. The van der Waals surface area contributed by atoms with Crippen molar-refractivity contribution in [3.63, 3.8) is 0 Å². The zero-order valence-electron chi connectivity index (χ0n) is 8.79. The Hall–Kier alpha value is -2.06. The van der Waals surface area contributed by atoms with Crippen LogP contribution in [0.2, 0.25) is 0 Å². The molecule has 1 aromatic heterocycles. The summed E-state index contributed by atoms with van der Waals surface area (Å²) in [6, 6.07) is 0. The van der Waals surface area contributed by atoms with E-state index >= 15 is 0 Å². The molecule has 1 aromatic rings. The molecule has 0 saturated heterocycles. The Kier molecular flexibility index (Phi) is 3.94. The van der Waals surface area contributed by atoms with Crippen LogP contribution in [0.25, 0.3) is 0 Å². The summed E-state index contributed by atoms with van der Waals surface area (Å²) in [4.78, 5) is 13.9. The number of carbonyl (C=O) groups is 1. The molecule has 0 amide bonds. The predicted octanol–water partition coefficient (Wildman–Crippen LogP) is 1.66. The number of rotatable bonds is 4. The molecular weight excluding hydrogens is 260 g/mol. The zero-order chi connectivity index (χ0) is 13.9. The van der Waals surface area contributed by atoms with Gasteiger partial charge in [-0.15, -0.1) is 13.2 Å². The van der Waals surface area contributed by atoms with Gasteiger partial charge in [0.25, 0.3) is 0 Å². The number of aromatic nitrogens is 1. The average molecular weight is 268 g/mol. The number of aliphatic carboxylic acids is 1. The van der Waals surface area contributed by atoms with E-state index in [0.717, 1.165) is 0 Å². The van der Waals surface area contributed by atoms with Gasteiger partial charge in [0.1, 0.15) is 12.5 Å². The highest BCUT2D eigenvalue weighted by Crippen LogP contribution is 2.31. The van der Waals surface area contributed by atoms with Crippen molar-refractivity contribution >= 4 is 11.8 Å². The third kappa shape index (κ3) is 3.47. The van der Waals surface area contributed by atoms with E-state index in [4.69, 9.17) is 10.8 Å². The van der Waals surface area contributed by atoms with Crippen molar-refractivity contribution in [2.75, 3.05) is 5.73 Å². The lowest BCUT2D eigenvalue weighted by Crippen LogP contribution is -2.19. The summed E-state index contributed by atoms with van der Waals surface area (Å²) in [5.74, 6) is -2.61. The molecule has 0 unspecified atom stereocenters. The molecule has 18 heavy (non-hydrogen) atoms. The number of halogens is 4. The van der Waals surface area contributed by atoms with Crippen LogP contribution in [0.1, 0.15) is 11.1 Å². The molecule has 0 aliphatic carbocycles. The second-order valence-corrected chi connectivity index (χ2v) is 3.22. The van der Waals surface area contributed by atoms with E-state index in [0.29, 0.717) is 6.20 Å². The van der Waals surface area contributed by atoms with Crippen molar-refractivity contribution in [3.05, 3.63) is 17.3 Å². The van der Waals surface area contributed by atoms with Crippen molar-refractivity contribution in [2.45, 2.75) is 19.5 Å². The smallest absolute Gasteiger partial charge is 0.481 e. The van der Waals surface area contributed by atoms with Gasteiger partial charge in [0.2, 0.25) is 0 Å². The van der Waals surface area contributed by atoms with Gasteiger partial charge in [-0.05, 0) is 0 Å². The molecule has 0 fully saturated rings. The number of nitrogens with zero attached hydrogens (tertiary/aromatic N) is 1. The fourth-order valence-electron chi connectivity index (χ4n) is 1.29. The molecule has 100 valence electrons. The van der Waals surface area contributed by atoms with E-state index in [-0.39, 0.29) is 11.4 Å². The monoisotopic (exact) mass is 268 g/mol. The highest BCUT2D eigenvalue weighted by Gasteiger charge is 2.33. The second-order valence-electron chi connectivity index (χ2n) is 3.22. The molecule has 9 heteroatoms. The number of hydrogen-bond donors (Lipinski definition) is 2. The molecule has 0 bridgehead atoms. The summed E-state index contributed by atoms with van der Waals surface area (Å²) in [6.07, 6.45) is -5.17. The van der Waals surface area contributed by atoms with Crippen LogP contribution in [0, 0.1) is 0 Å². The van der Waals surface area contributed by atoms with E-state index < -0.39 is 36.7 Å². The van der Waals surface area contributed by atoms with Gasteiger partial charge in [-0.3, -0.25) is 4.79 Å². The molecule has 0 saturated carbocycles. The van der Waals surface area contributed by atoms with Gasteiger partial charge in [0.15, 0.2) is 5.75 Å². The standard InChI is InChI=1S/C9H8F4N2O3/c10-2-5-4(1-7(16)17)8(14)15-3-6(5)18-9(11,12)13/h3H,1-2H2,(H2,14,15)(H,16,17). The van der Waals surface area contributed by atoms with Crippen molar-refractivity contribution in [2.24, 2.45) is 0 Å². The fraction of sp³-hybridized carbons (Fsp3) is 0.333. The first-order valence-corrected chi connectivity index (χ1v) is 4.54. The average Bonchev–Trinajstić information content (AvgIpc) is 2.20. The summed E-state index contributed by atoms with van der Waals surface area (Å²) in [5.41, 5.74) is 4.41. The van der Waals surface area contributed by atoms with E-state index in [1.54, 1.807) is 0 Å². The summed E-state index contributed by atoms with van der Waals surface area (Å²) < 4.78 is 52.4. The third-order valence-corrected chi connectivity index (χ3v) is 1.98. The molecule has 5 nitrogen and oxygen atoms in total. The Morgan fingerprint density at radius 3 is 2.50 bits per heavy atom. The summed E-state index contributed by atoms with van der Waals surface area (Å²) in [7, 11) is 0. The van der Waals surface area contributed by atoms with E-state index in [9.17, 15) is 22.4 Å². The third-order valence-electron chi connectivity index (χ3n) is 1.98. The van der Waals surface area contributed by atoms with Crippen LogP contribution in [0.15, 0.2) is 6.20 Å². The summed E-state index contributed by atoms with van der Waals surface area (Å²) in [6.45, 7) is -1.35. The topological polar surface area (TPSA) is 85.4 Å². The number of carboxylic acid groups (broad SMARTS) is 1. The Bertz CT molecular complexity index is 462. The van der Waals surface area contributed by atoms with Crippen LogP contribution in [0.4, 0.5) is 23.4 Å². The fourth-order valence-corrected chi connectivity index (χ4v) is 1.29. The number of hydrogen-bond acceptors (Lipinski definition) is 4. The van der Waals surface area contributed by atoms with Gasteiger partial charge in [-0.2, -0.15) is 0 Å². The lowest BCUT2D eigenvalue weighted by molar-refractivity contribution is -0.275. The van der Waals surface area contributed by atoms with Crippen LogP contribution in [0.5, 0.6) is 5.75 Å². The quantitative estimate of drug-likeness (QED) is 0.811. The predicted molar refractivity (Wildman–Crippen MR) is 51.5 cm³/mol. The maximum Gasteiger partial charge on any atom is 0.573 e. The molecule has 0 aliphatic heterocycles. The van der Waals surface area contributed by atoms with E-state index in [1.165, 1.54) is 0 Å². The Balaban J connectivity index is 3.24.